The molecule has 0 fully saturated rings. The Morgan fingerprint density at radius 3 is 2.77 bits per heavy atom. The largest absolute Gasteiger partial charge is 0.486 e. The van der Waals surface area contributed by atoms with Gasteiger partial charge in [-0.2, -0.15) is 4.98 Å². The second-order valence-corrected chi connectivity index (χ2v) is 7.62. The minimum Gasteiger partial charge on any atom is -0.486 e. The number of ether oxygens (including phenoxy) is 2. The summed E-state index contributed by atoms with van der Waals surface area (Å²) in [7, 11) is -3.50. The molecule has 0 atom stereocenters. The molecule has 3 heterocycles. The fourth-order valence-corrected chi connectivity index (χ4v) is 3.13. The number of nitrogens with zero attached hydrogens (tertiary/aromatic N) is 2. The molecular formula is C16H13N3O6S. The van der Waals surface area contributed by atoms with E-state index in [9.17, 15) is 13.2 Å². The number of para-hydroxylation sites is 1. The number of H-pyrrole nitrogens is 1. The lowest BCUT2D eigenvalue weighted by Crippen LogP contribution is -2.15. The minimum absolute atomic E-state index is 0.00936. The number of hydrogen-bond donors (Lipinski definition) is 1. The number of rotatable bonds is 3. The monoisotopic (exact) mass is 375 g/mol. The first kappa shape index (κ1) is 16.3. The first-order chi connectivity index (χ1) is 12.4. The third kappa shape index (κ3) is 2.84. The summed E-state index contributed by atoms with van der Waals surface area (Å²) in [6.45, 7) is 0.834. The van der Waals surface area contributed by atoms with Crippen molar-refractivity contribution < 1.29 is 22.4 Å². The van der Waals surface area contributed by atoms with Crippen LogP contribution in [0.3, 0.4) is 0 Å². The number of sulfone groups is 1. The van der Waals surface area contributed by atoms with E-state index in [0.717, 1.165) is 12.5 Å². The molecule has 0 radical (unpaired) electrons. The molecule has 0 aliphatic carbocycles. The number of fused-ring (bicyclic) bond motifs is 1. The van der Waals surface area contributed by atoms with Gasteiger partial charge in [-0.15, -0.1) is 0 Å². The molecule has 0 unspecified atom stereocenters. The molecule has 2 aromatic heterocycles. The van der Waals surface area contributed by atoms with Crippen molar-refractivity contribution in [2.45, 2.75) is 4.90 Å². The number of aromatic amines is 1. The number of nitrogens with one attached hydrogen (secondary N) is 1. The summed E-state index contributed by atoms with van der Waals surface area (Å²) < 4.78 is 39.8. The maximum Gasteiger partial charge on any atom is 0.262 e. The first-order valence-corrected chi connectivity index (χ1v) is 9.48. The number of hydrogen-bond acceptors (Lipinski definition) is 8. The lowest BCUT2D eigenvalue weighted by Gasteiger charge is -2.19. The van der Waals surface area contributed by atoms with Crippen LogP contribution in [-0.2, 0) is 9.84 Å². The van der Waals surface area contributed by atoms with Crippen LogP contribution in [0.2, 0.25) is 0 Å². The van der Waals surface area contributed by atoms with Gasteiger partial charge >= 0.3 is 0 Å². The standard InChI is InChI=1S/C16H13N3O6S/c1-26(21,22)9-7-11(15(20)17-8-9)14-18-16(25-19-14)10-3-2-4-12-13(10)24-6-5-23-12/h2-4,7-8H,5-6H2,1H3,(H,17,20). The zero-order valence-electron chi connectivity index (χ0n) is 13.6. The van der Waals surface area contributed by atoms with Crippen molar-refractivity contribution in [3.63, 3.8) is 0 Å². The topological polar surface area (TPSA) is 124 Å². The molecule has 0 bridgehead atoms. The highest BCUT2D eigenvalue weighted by atomic mass is 32.2. The normalized spacial score (nSPS) is 13.6. The zero-order chi connectivity index (χ0) is 18.3. The van der Waals surface area contributed by atoms with E-state index >= 15 is 0 Å². The molecule has 3 aromatic rings. The van der Waals surface area contributed by atoms with Crippen molar-refractivity contribution >= 4 is 9.84 Å². The predicted octanol–water partition coefficient (Wildman–Crippen LogP) is 1.27. The molecule has 1 aliphatic rings. The third-order valence-electron chi connectivity index (χ3n) is 3.77. The van der Waals surface area contributed by atoms with E-state index in [1.54, 1.807) is 18.2 Å². The van der Waals surface area contributed by atoms with Crippen molar-refractivity contribution in [3.8, 4) is 34.3 Å². The highest BCUT2D eigenvalue weighted by Crippen LogP contribution is 2.39. The summed E-state index contributed by atoms with van der Waals surface area (Å²) in [6.07, 6.45) is 2.17. The lowest BCUT2D eigenvalue weighted by molar-refractivity contribution is 0.172. The number of pyridine rings is 1. The fraction of sp³-hybridized carbons (Fsp3) is 0.188. The van der Waals surface area contributed by atoms with Gasteiger partial charge in [0.05, 0.1) is 16.0 Å². The van der Waals surface area contributed by atoms with Gasteiger partial charge < -0.3 is 19.0 Å². The van der Waals surface area contributed by atoms with Crippen molar-refractivity contribution in [3.05, 3.63) is 40.8 Å². The maximum atomic E-state index is 12.1. The molecule has 0 spiro atoms. The molecule has 1 N–H and O–H groups in total. The van der Waals surface area contributed by atoms with Crippen LogP contribution in [0.4, 0.5) is 0 Å². The first-order valence-electron chi connectivity index (χ1n) is 7.59. The van der Waals surface area contributed by atoms with Crippen LogP contribution < -0.4 is 15.0 Å². The lowest BCUT2D eigenvalue weighted by atomic mass is 10.1. The van der Waals surface area contributed by atoms with Crippen LogP contribution in [0.1, 0.15) is 0 Å². The van der Waals surface area contributed by atoms with Crippen molar-refractivity contribution in [2.75, 3.05) is 19.5 Å². The quantitative estimate of drug-likeness (QED) is 0.725. The van der Waals surface area contributed by atoms with E-state index in [4.69, 9.17) is 14.0 Å². The van der Waals surface area contributed by atoms with E-state index < -0.39 is 15.4 Å². The summed E-state index contributed by atoms with van der Waals surface area (Å²) in [4.78, 5) is 18.6. The molecule has 0 amide bonds. The van der Waals surface area contributed by atoms with Gasteiger partial charge in [0.15, 0.2) is 21.3 Å². The fourth-order valence-electron chi connectivity index (χ4n) is 2.53. The van der Waals surface area contributed by atoms with Crippen LogP contribution in [0.15, 0.2) is 44.7 Å². The Kier molecular flexibility index (Phi) is 3.76. The van der Waals surface area contributed by atoms with Gasteiger partial charge in [-0.25, -0.2) is 8.42 Å². The van der Waals surface area contributed by atoms with E-state index in [2.05, 4.69) is 15.1 Å². The Morgan fingerprint density at radius 2 is 1.96 bits per heavy atom. The maximum absolute atomic E-state index is 12.1. The van der Waals surface area contributed by atoms with Crippen LogP contribution in [0.25, 0.3) is 22.8 Å². The van der Waals surface area contributed by atoms with Crippen molar-refractivity contribution in [1.29, 1.82) is 0 Å². The third-order valence-corrected chi connectivity index (χ3v) is 4.86. The minimum atomic E-state index is -3.50. The van der Waals surface area contributed by atoms with E-state index in [1.807, 2.05) is 0 Å². The molecule has 1 aliphatic heterocycles. The molecule has 1 aromatic carbocycles. The average molecular weight is 375 g/mol. The van der Waals surface area contributed by atoms with Crippen LogP contribution >= 0.6 is 0 Å². The van der Waals surface area contributed by atoms with Gasteiger partial charge in [-0.3, -0.25) is 4.79 Å². The Balaban J connectivity index is 1.80. The molecular weight excluding hydrogens is 362 g/mol. The Labute approximate surface area is 147 Å². The molecule has 9 nitrogen and oxygen atoms in total. The average Bonchev–Trinajstić information content (AvgIpc) is 3.10. The summed E-state index contributed by atoms with van der Waals surface area (Å²) in [5, 5.41) is 3.80. The van der Waals surface area contributed by atoms with E-state index in [-0.39, 0.29) is 22.2 Å². The second kappa shape index (κ2) is 5.99. The highest BCUT2D eigenvalue weighted by Gasteiger charge is 2.22. The molecule has 10 heteroatoms. The Hall–Kier alpha value is -3.14. The smallest absolute Gasteiger partial charge is 0.262 e. The molecule has 4 rings (SSSR count). The van der Waals surface area contributed by atoms with Crippen LogP contribution in [-0.4, -0.2) is 43.0 Å². The second-order valence-electron chi connectivity index (χ2n) is 5.60. The number of benzene rings is 1. The van der Waals surface area contributed by atoms with Gasteiger partial charge in [0.25, 0.3) is 11.4 Å². The summed E-state index contributed by atoms with van der Waals surface area (Å²) in [6, 6.07) is 6.45. The van der Waals surface area contributed by atoms with Gasteiger partial charge in [-0.05, 0) is 18.2 Å². The van der Waals surface area contributed by atoms with Crippen LogP contribution in [0.5, 0.6) is 11.5 Å². The molecule has 26 heavy (non-hydrogen) atoms. The zero-order valence-corrected chi connectivity index (χ0v) is 14.4. The van der Waals surface area contributed by atoms with Gasteiger partial charge in [0.1, 0.15) is 13.2 Å². The molecule has 134 valence electrons. The molecule has 0 saturated heterocycles. The number of aromatic nitrogens is 3. The van der Waals surface area contributed by atoms with Crippen molar-refractivity contribution in [2.24, 2.45) is 0 Å². The molecule has 0 saturated carbocycles. The Morgan fingerprint density at radius 1 is 1.15 bits per heavy atom. The summed E-state index contributed by atoms with van der Waals surface area (Å²) >= 11 is 0. The Bertz CT molecular complexity index is 1150. The van der Waals surface area contributed by atoms with Gasteiger partial charge in [0, 0.05) is 12.5 Å². The van der Waals surface area contributed by atoms with Gasteiger partial charge in [-0.1, -0.05) is 11.2 Å². The van der Waals surface area contributed by atoms with E-state index in [1.165, 1.54) is 6.07 Å². The van der Waals surface area contributed by atoms with Gasteiger partial charge in [0.2, 0.25) is 5.82 Å². The predicted molar refractivity (Wildman–Crippen MR) is 89.9 cm³/mol. The SMILES string of the molecule is CS(=O)(=O)c1c[nH]c(=O)c(-c2noc(-c3cccc4c3OCCO4)n2)c1. The highest BCUT2D eigenvalue weighted by molar-refractivity contribution is 7.90. The summed E-state index contributed by atoms with van der Waals surface area (Å²) in [5.41, 5.74) is -0.0130. The summed E-state index contributed by atoms with van der Waals surface area (Å²) in [5.74, 6) is 1.14. The van der Waals surface area contributed by atoms with Crippen LogP contribution in [0, 0.1) is 0 Å². The van der Waals surface area contributed by atoms with Crippen molar-refractivity contribution in [1.82, 2.24) is 15.1 Å². The van der Waals surface area contributed by atoms with E-state index in [0.29, 0.717) is 30.3 Å².